The molecule has 7 nitrogen and oxygen atoms in total. The summed E-state index contributed by atoms with van der Waals surface area (Å²) in [6.45, 7) is 5.14. The zero-order valence-electron chi connectivity index (χ0n) is 28.3. The van der Waals surface area contributed by atoms with Crippen molar-refractivity contribution in [1.82, 2.24) is 9.55 Å². The first kappa shape index (κ1) is 37.3. The molecule has 3 aromatic rings. The number of rotatable bonds is 24. The number of carbonyl (C=O) groups is 1. The highest BCUT2D eigenvalue weighted by atomic mass is 32.1. The molecule has 46 heavy (non-hydrogen) atoms. The second kappa shape index (κ2) is 22.4. The van der Waals surface area contributed by atoms with Gasteiger partial charge >= 0.3 is 11.0 Å². The van der Waals surface area contributed by atoms with Gasteiger partial charge in [-0.2, -0.15) is 4.57 Å². The van der Waals surface area contributed by atoms with Crippen LogP contribution in [0.15, 0.2) is 47.4 Å². The summed E-state index contributed by atoms with van der Waals surface area (Å²) in [7, 11) is 0. The molecule has 0 saturated carbocycles. The quantitative estimate of drug-likeness (QED) is 0.0969. The van der Waals surface area contributed by atoms with E-state index in [1.807, 2.05) is 36.5 Å². The van der Waals surface area contributed by atoms with Crippen LogP contribution in [0, 0.1) is 0 Å². The Balaban J connectivity index is 1.25. The van der Waals surface area contributed by atoms with Gasteiger partial charge in [-0.15, -0.1) is 0 Å². The molecule has 0 fully saturated rings. The van der Waals surface area contributed by atoms with Crippen LogP contribution in [-0.4, -0.2) is 34.0 Å². The second-order valence-corrected chi connectivity index (χ2v) is 13.3. The third kappa shape index (κ3) is 14.1. The minimum atomic E-state index is -0.812. The Morgan fingerprint density at radius 1 is 0.761 bits per heavy atom. The molecule has 0 aliphatic rings. The van der Waals surface area contributed by atoms with Gasteiger partial charge in [-0.05, 0) is 42.2 Å². The molecule has 8 heteroatoms. The standard InChI is InChI=1S/C38H56N2O5S/c1-3-5-6-7-8-9-10-11-12-13-14-15-16-17-18-19-27-45-37(42)40-36(41)35(46-38(40)43)29-32-21-24-34(25-22-32)44-28-26-33-23-20-31(4-2)30-39-33/h20-25,30,41H,3-19,26-29H2,1-2H3. The SMILES string of the molecule is CCCCCCCCCCCCCCCCCCOC(=O)n1c(O)c(Cc2ccc(OCCc3ccc(CC)cn3)cc2)sc1=O. The zero-order valence-corrected chi connectivity index (χ0v) is 29.1. The molecule has 0 radical (unpaired) electrons. The summed E-state index contributed by atoms with van der Waals surface area (Å²) in [6.07, 6.45) is 23.5. The van der Waals surface area contributed by atoms with Gasteiger partial charge in [0.2, 0.25) is 5.88 Å². The molecule has 0 saturated heterocycles. The Morgan fingerprint density at radius 3 is 1.87 bits per heavy atom. The minimum absolute atomic E-state index is 0.246. The maximum Gasteiger partial charge on any atom is 0.424 e. The van der Waals surface area contributed by atoms with Crippen LogP contribution in [0.5, 0.6) is 11.6 Å². The van der Waals surface area contributed by atoms with E-state index in [1.54, 1.807) is 0 Å². The molecule has 0 aliphatic carbocycles. The topological polar surface area (TPSA) is 90.7 Å². The van der Waals surface area contributed by atoms with Crippen LogP contribution in [-0.2, 0) is 24.0 Å². The summed E-state index contributed by atoms with van der Waals surface area (Å²) in [5, 5.41) is 10.6. The van der Waals surface area contributed by atoms with E-state index in [2.05, 4.69) is 24.9 Å². The van der Waals surface area contributed by atoms with Gasteiger partial charge in [-0.1, -0.05) is 140 Å². The number of thiazole rings is 1. The smallest absolute Gasteiger partial charge is 0.424 e. The van der Waals surface area contributed by atoms with E-state index in [4.69, 9.17) is 9.47 Å². The average molecular weight is 653 g/mol. The van der Waals surface area contributed by atoms with Gasteiger partial charge in [0.25, 0.3) is 0 Å². The second-order valence-electron chi connectivity index (χ2n) is 12.3. The van der Waals surface area contributed by atoms with Gasteiger partial charge in [0.1, 0.15) is 5.75 Å². The fourth-order valence-electron chi connectivity index (χ4n) is 5.53. The molecule has 254 valence electrons. The predicted octanol–water partition coefficient (Wildman–Crippen LogP) is 10.0. The normalized spacial score (nSPS) is 11.2. The van der Waals surface area contributed by atoms with Gasteiger partial charge < -0.3 is 14.6 Å². The number of benzene rings is 1. The van der Waals surface area contributed by atoms with Crippen molar-refractivity contribution in [3.05, 3.63) is 74.0 Å². The molecule has 0 spiro atoms. The monoisotopic (exact) mass is 652 g/mol. The van der Waals surface area contributed by atoms with Gasteiger partial charge in [0.05, 0.1) is 18.1 Å². The van der Waals surface area contributed by atoms with E-state index in [1.165, 1.54) is 89.0 Å². The van der Waals surface area contributed by atoms with Crippen LogP contribution >= 0.6 is 11.3 Å². The highest BCUT2D eigenvalue weighted by molar-refractivity contribution is 7.09. The summed E-state index contributed by atoms with van der Waals surface area (Å²) >= 11 is 0.866. The van der Waals surface area contributed by atoms with Crippen molar-refractivity contribution in [2.75, 3.05) is 13.2 Å². The number of hydrogen-bond acceptors (Lipinski definition) is 7. The highest BCUT2D eigenvalue weighted by Gasteiger charge is 2.21. The van der Waals surface area contributed by atoms with E-state index in [-0.39, 0.29) is 12.5 Å². The van der Waals surface area contributed by atoms with Crippen molar-refractivity contribution in [3.8, 4) is 11.6 Å². The summed E-state index contributed by atoms with van der Waals surface area (Å²) in [6, 6.07) is 11.7. The van der Waals surface area contributed by atoms with E-state index in [0.717, 1.165) is 65.0 Å². The molecule has 3 rings (SSSR count). The number of aryl methyl sites for hydroxylation is 1. The molecule has 0 bridgehead atoms. The van der Waals surface area contributed by atoms with Crippen molar-refractivity contribution in [2.45, 2.75) is 136 Å². The molecular weight excluding hydrogens is 596 g/mol. The van der Waals surface area contributed by atoms with E-state index < -0.39 is 11.0 Å². The molecule has 1 N–H and O–H groups in total. The molecule has 0 amide bonds. The lowest BCUT2D eigenvalue weighted by atomic mass is 10.0. The summed E-state index contributed by atoms with van der Waals surface area (Å²) in [5.41, 5.74) is 3.11. The van der Waals surface area contributed by atoms with Crippen LogP contribution in [0.3, 0.4) is 0 Å². The average Bonchev–Trinajstić information content (AvgIpc) is 3.35. The maximum atomic E-state index is 12.6. The van der Waals surface area contributed by atoms with Gasteiger partial charge in [0.15, 0.2) is 0 Å². The molecule has 1 aromatic carbocycles. The van der Waals surface area contributed by atoms with E-state index in [9.17, 15) is 14.7 Å². The van der Waals surface area contributed by atoms with E-state index >= 15 is 0 Å². The zero-order chi connectivity index (χ0) is 32.8. The number of nitrogens with zero attached hydrogens (tertiary/aromatic N) is 2. The van der Waals surface area contributed by atoms with Crippen molar-refractivity contribution in [3.63, 3.8) is 0 Å². The summed E-state index contributed by atoms with van der Waals surface area (Å²) < 4.78 is 11.9. The fourth-order valence-corrected chi connectivity index (χ4v) is 6.42. The van der Waals surface area contributed by atoms with Gasteiger partial charge in [-0.3, -0.25) is 9.78 Å². The Morgan fingerprint density at radius 2 is 1.33 bits per heavy atom. The van der Waals surface area contributed by atoms with E-state index in [0.29, 0.717) is 17.9 Å². The molecule has 0 atom stereocenters. The van der Waals surface area contributed by atoms with Gasteiger partial charge in [0, 0.05) is 24.7 Å². The van der Waals surface area contributed by atoms with Crippen molar-refractivity contribution in [1.29, 1.82) is 0 Å². The summed E-state index contributed by atoms with van der Waals surface area (Å²) in [4.78, 5) is 29.4. The Kier molecular flexibility index (Phi) is 18.2. The lowest BCUT2D eigenvalue weighted by Crippen LogP contribution is -2.23. The Bertz CT molecular complexity index is 1300. The molecule has 2 heterocycles. The number of pyridine rings is 1. The predicted molar refractivity (Wildman–Crippen MR) is 189 cm³/mol. The number of aromatic nitrogens is 2. The lowest BCUT2D eigenvalue weighted by molar-refractivity contribution is 0.142. The third-order valence-electron chi connectivity index (χ3n) is 8.47. The molecule has 0 aliphatic heterocycles. The Hall–Kier alpha value is -3.13. The minimum Gasteiger partial charge on any atom is -0.493 e. The number of aromatic hydroxyl groups is 1. The van der Waals surface area contributed by atoms with Crippen molar-refractivity contribution >= 4 is 17.4 Å². The first-order chi connectivity index (χ1) is 22.5. The lowest BCUT2D eigenvalue weighted by Gasteiger charge is -2.08. The number of unbranched alkanes of at least 4 members (excludes halogenated alkanes) is 15. The summed E-state index contributed by atoms with van der Waals surface area (Å²) in [5.74, 6) is 0.399. The first-order valence-corrected chi connectivity index (χ1v) is 18.6. The van der Waals surface area contributed by atoms with Crippen molar-refractivity contribution in [2.24, 2.45) is 0 Å². The van der Waals surface area contributed by atoms with Crippen LogP contribution in [0.1, 0.15) is 138 Å². The molecular formula is C38H56N2O5S. The largest absolute Gasteiger partial charge is 0.493 e. The van der Waals surface area contributed by atoms with Crippen LogP contribution < -0.4 is 9.61 Å². The van der Waals surface area contributed by atoms with Crippen molar-refractivity contribution < 1.29 is 19.4 Å². The van der Waals surface area contributed by atoms with Crippen LogP contribution in [0.4, 0.5) is 4.79 Å². The maximum absolute atomic E-state index is 12.6. The first-order valence-electron chi connectivity index (χ1n) is 17.8. The van der Waals surface area contributed by atoms with Crippen LogP contribution in [0.25, 0.3) is 0 Å². The highest BCUT2D eigenvalue weighted by Crippen LogP contribution is 2.25. The van der Waals surface area contributed by atoms with Crippen LogP contribution in [0.2, 0.25) is 0 Å². The fraction of sp³-hybridized carbons (Fsp3) is 0.605. The number of ether oxygens (including phenoxy) is 2. The number of carbonyl (C=O) groups excluding carboxylic acids is 1. The number of hydrogen-bond donors (Lipinski definition) is 1. The van der Waals surface area contributed by atoms with Gasteiger partial charge in [-0.25, -0.2) is 4.79 Å². The Labute approximate surface area is 280 Å². The molecule has 2 aromatic heterocycles. The third-order valence-corrected chi connectivity index (χ3v) is 9.40. The molecule has 0 unspecified atom stereocenters.